The normalized spacial score (nSPS) is 12.1. The van der Waals surface area contributed by atoms with Gasteiger partial charge in [0.2, 0.25) is 0 Å². The molecule has 1 unspecified atom stereocenters. The number of rotatable bonds is 7. The highest BCUT2D eigenvalue weighted by molar-refractivity contribution is 5.95. The van der Waals surface area contributed by atoms with E-state index in [9.17, 15) is 0 Å². The molecule has 1 heterocycles. The molecule has 30 heavy (non-hydrogen) atoms. The highest BCUT2D eigenvalue weighted by Crippen LogP contribution is 2.37. The summed E-state index contributed by atoms with van der Waals surface area (Å²) >= 11 is 0. The fourth-order valence-corrected chi connectivity index (χ4v) is 4.17. The maximum atomic E-state index is 4.60. The minimum Gasteiger partial charge on any atom is -0.374 e. The quantitative estimate of drug-likeness (QED) is 0.343. The summed E-state index contributed by atoms with van der Waals surface area (Å²) in [7, 11) is 0. The molecule has 0 fully saturated rings. The van der Waals surface area contributed by atoms with Crippen molar-refractivity contribution in [3.05, 3.63) is 108 Å². The summed E-state index contributed by atoms with van der Waals surface area (Å²) in [6, 6.07) is 25.9. The lowest BCUT2D eigenvalue weighted by Gasteiger charge is -2.23. The summed E-state index contributed by atoms with van der Waals surface area (Å²) < 4.78 is 2.37. The summed E-state index contributed by atoms with van der Waals surface area (Å²) in [5, 5.41) is 5.02. The van der Waals surface area contributed by atoms with Gasteiger partial charge >= 0.3 is 0 Å². The molecule has 1 aromatic heterocycles. The molecular weight excluding hydrogens is 364 g/mol. The molecule has 4 aromatic rings. The van der Waals surface area contributed by atoms with Crippen LogP contribution in [0, 0.1) is 13.8 Å². The Balaban J connectivity index is 1.81. The van der Waals surface area contributed by atoms with Gasteiger partial charge < -0.3 is 9.88 Å². The lowest BCUT2D eigenvalue weighted by molar-refractivity contribution is 0.703. The number of anilines is 1. The van der Waals surface area contributed by atoms with Crippen LogP contribution in [0.3, 0.4) is 0 Å². The van der Waals surface area contributed by atoms with Gasteiger partial charge in [0.15, 0.2) is 0 Å². The number of aromatic nitrogens is 1. The maximum absolute atomic E-state index is 4.60. The van der Waals surface area contributed by atoms with Crippen molar-refractivity contribution in [2.75, 3.05) is 5.32 Å². The zero-order valence-electron chi connectivity index (χ0n) is 18.2. The van der Waals surface area contributed by atoms with Gasteiger partial charge in [0.1, 0.15) is 0 Å². The van der Waals surface area contributed by atoms with Gasteiger partial charge in [-0.25, -0.2) is 0 Å². The molecule has 152 valence electrons. The fraction of sp³-hybridized carbons (Fsp3) is 0.214. The first-order valence-electron chi connectivity index (χ1n) is 10.7. The van der Waals surface area contributed by atoms with E-state index in [1.165, 1.54) is 33.2 Å². The van der Waals surface area contributed by atoms with Crippen molar-refractivity contribution in [2.24, 2.45) is 0 Å². The summed E-state index contributed by atoms with van der Waals surface area (Å²) in [4.78, 5) is 0. The molecule has 2 nitrogen and oxygen atoms in total. The number of nitrogens with one attached hydrogen (secondary N) is 1. The SMILES string of the molecule is C=C(c1cn(CCC)c2ccc(C)cc12)C(Nc1cccc(C)c1)c1ccccc1. The van der Waals surface area contributed by atoms with Crippen molar-refractivity contribution in [3.63, 3.8) is 0 Å². The Hall–Kier alpha value is -3.26. The Labute approximate surface area is 179 Å². The van der Waals surface area contributed by atoms with E-state index in [0.717, 1.165) is 24.2 Å². The Kier molecular flexibility index (Phi) is 5.76. The molecule has 1 N–H and O–H groups in total. The molecule has 3 aromatic carbocycles. The second-order valence-corrected chi connectivity index (χ2v) is 8.14. The van der Waals surface area contributed by atoms with E-state index in [1.54, 1.807) is 0 Å². The van der Waals surface area contributed by atoms with Crippen LogP contribution in [0.1, 0.15) is 41.6 Å². The third-order valence-electron chi connectivity index (χ3n) is 5.66. The van der Waals surface area contributed by atoms with E-state index < -0.39 is 0 Å². The predicted molar refractivity (Wildman–Crippen MR) is 130 cm³/mol. The first kappa shape index (κ1) is 20.0. The van der Waals surface area contributed by atoms with Crippen molar-refractivity contribution in [3.8, 4) is 0 Å². The fourth-order valence-electron chi connectivity index (χ4n) is 4.17. The highest BCUT2D eigenvalue weighted by atomic mass is 15.0. The molecule has 0 bridgehead atoms. The summed E-state index contributed by atoms with van der Waals surface area (Å²) in [5.41, 5.74) is 8.43. The molecule has 0 aliphatic carbocycles. The average Bonchev–Trinajstić information content (AvgIpc) is 3.10. The van der Waals surface area contributed by atoms with Crippen molar-refractivity contribution >= 4 is 22.2 Å². The standard InChI is InChI=1S/C28H30N2/c1-5-16-30-19-26(25-18-21(3)14-15-27(25)30)22(4)28(23-11-7-6-8-12-23)29-24-13-9-10-20(2)17-24/h6-15,17-19,28-29H,4-5,16H2,1-3H3. The van der Waals surface area contributed by atoms with Crippen LogP contribution in [-0.4, -0.2) is 4.57 Å². The molecule has 0 aliphatic rings. The summed E-state index contributed by atoms with van der Waals surface area (Å²) in [6.07, 6.45) is 3.39. The van der Waals surface area contributed by atoms with E-state index in [-0.39, 0.29) is 6.04 Å². The molecule has 2 heteroatoms. The van der Waals surface area contributed by atoms with Crippen LogP contribution in [0.2, 0.25) is 0 Å². The largest absolute Gasteiger partial charge is 0.374 e. The van der Waals surface area contributed by atoms with Gasteiger partial charge in [0.25, 0.3) is 0 Å². The van der Waals surface area contributed by atoms with Crippen molar-refractivity contribution in [2.45, 2.75) is 39.8 Å². The van der Waals surface area contributed by atoms with E-state index >= 15 is 0 Å². The van der Waals surface area contributed by atoms with Gasteiger partial charge in [0.05, 0.1) is 6.04 Å². The highest BCUT2D eigenvalue weighted by Gasteiger charge is 2.20. The van der Waals surface area contributed by atoms with Gasteiger partial charge in [-0.2, -0.15) is 0 Å². The van der Waals surface area contributed by atoms with Gasteiger partial charge in [-0.15, -0.1) is 0 Å². The third-order valence-corrected chi connectivity index (χ3v) is 5.66. The van der Waals surface area contributed by atoms with E-state index in [1.807, 2.05) is 0 Å². The van der Waals surface area contributed by atoms with Gasteiger partial charge in [-0.1, -0.05) is 67.6 Å². The van der Waals surface area contributed by atoms with Crippen molar-refractivity contribution < 1.29 is 0 Å². The second-order valence-electron chi connectivity index (χ2n) is 8.14. The number of hydrogen-bond acceptors (Lipinski definition) is 1. The number of benzene rings is 3. The molecule has 0 aliphatic heterocycles. The third kappa shape index (κ3) is 4.04. The second kappa shape index (κ2) is 8.62. The monoisotopic (exact) mass is 394 g/mol. The van der Waals surface area contributed by atoms with E-state index in [0.29, 0.717) is 0 Å². The zero-order valence-corrected chi connectivity index (χ0v) is 18.2. The Morgan fingerprint density at radius 1 is 0.933 bits per heavy atom. The molecular formula is C28H30N2. The first-order chi connectivity index (χ1) is 14.6. The topological polar surface area (TPSA) is 17.0 Å². The molecule has 0 saturated heterocycles. The van der Waals surface area contributed by atoms with Crippen LogP contribution in [0.5, 0.6) is 0 Å². The molecule has 0 amide bonds. The molecule has 4 rings (SSSR count). The van der Waals surface area contributed by atoms with Crippen molar-refractivity contribution in [1.29, 1.82) is 0 Å². The Morgan fingerprint density at radius 2 is 1.70 bits per heavy atom. The Bertz CT molecular complexity index is 1170. The van der Waals surface area contributed by atoms with Crippen LogP contribution < -0.4 is 5.32 Å². The minimum absolute atomic E-state index is 0.00538. The molecule has 0 saturated carbocycles. The molecule has 1 atom stereocenters. The van der Waals surface area contributed by atoms with E-state index in [4.69, 9.17) is 0 Å². The van der Waals surface area contributed by atoms with Crippen LogP contribution >= 0.6 is 0 Å². The number of hydrogen-bond donors (Lipinski definition) is 1. The van der Waals surface area contributed by atoms with Gasteiger partial charge in [0, 0.05) is 34.9 Å². The lowest BCUT2D eigenvalue weighted by Crippen LogP contribution is -2.12. The van der Waals surface area contributed by atoms with Crippen LogP contribution in [-0.2, 0) is 6.54 Å². The predicted octanol–water partition coefficient (Wildman–Crippen LogP) is 7.53. The van der Waals surface area contributed by atoms with Gasteiger partial charge in [-0.05, 0) is 61.2 Å². The van der Waals surface area contributed by atoms with Crippen LogP contribution in [0.15, 0.2) is 85.6 Å². The summed E-state index contributed by atoms with van der Waals surface area (Å²) in [5.74, 6) is 0. The van der Waals surface area contributed by atoms with Crippen LogP contribution in [0.25, 0.3) is 16.5 Å². The van der Waals surface area contributed by atoms with E-state index in [2.05, 4.69) is 116 Å². The van der Waals surface area contributed by atoms with Crippen molar-refractivity contribution in [1.82, 2.24) is 4.57 Å². The number of nitrogens with zero attached hydrogens (tertiary/aromatic N) is 1. The minimum atomic E-state index is -0.00538. The molecule has 0 radical (unpaired) electrons. The smallest absolute Gasteiger partial charge is 0.0768 e. The zero-order chi connectivity index (χ0) is 21.1. The molecule has 0 spiro atoms. The maximum Gasteiger partial charge on any atom is 0.0768 e. The van der Waals surface area contributed by atoms with Crippen LogP contribution in [0.4, 0.5) is 5.69 Å². The first-order valence-corrected chi connectivity index (χ1v) is 10.7. The van der Waals surface area contributed by atoms with Gasteiger partial charge in [-0.3, -0.25) is 0 Å². The number of aryl methyl sites for hydroxylation is 3. The lowest BCUT2D eigenvalue weighted by atomic mass is 9.93. The Morgan fingerprint density at radius 3 is 2.43 bits per heavy atom. The average molecular weight is 395 g/mol. The summed E-state index contributed by atoms with van der Waals surface area (Å²) in [6.45, 7) is 12.1. The number of fused-ring (bicyclic) bond motifs is 1.